The highest BCUT2D eigenvalue weighted by Gasteiger charge is 2.10. The second-order valence-electron chi connectivity index (χ2n) is 3.16. The van der Waals surface area contributed by atoms with Gasteiger partial charge in [-0.05, 0) is 34.5 Å². The van der Waals surface area contributed by atoms with E-state index in [0.29, 0.717) is 16.7 Å². The third-order valence-electron chi connectivity index (χ3n) is 1.92. The van der Waals surface area contributed by atoms with Gasteiger partial charge in [0.15, 0.2) is 0 Å². The quantitative estimate of drug-likeness (QED) is 0.896. The van der Waals surface area contributed by atoms with E-state index in [2.05, 4.69) is 31.4 Å². The number of nitrogens with zero attached hydrogens (tertiary/aromatic N) is 2. The Balaban J connectivity index is 1.81. The molecule has 0 aliphatic heterocycles. The molecule has 2 heterocycles. The summed E-state index contributed by atoms with van der Waals surface area (Å²) in [7, 11) is 0. The van der Waals surface area contributed by atoms with Crippen LogP contribution in [0.25, 0.3) is 0 Å². The topological polar surface area (TPSA) is 80.9 Å². The van der Waals surface area contributed by atoms with E-state index in [1.165, 1.54) is 4.88 Å². The summed E-state index contributed by atoms with van der Waals surface area (Å²) in [5.41, 5.74) is 5.40. The maximum absolute atomic E-state index is 11.6. The molecule has 0 aromatic carbocycles. The molecule has 0 atom stereocenters. The first kappa shape index (κ1) is 12.5. The number of nitrogen functional groups attached to an aromatic ring is 1. The number of carbonyl (C=O) groups excluding carboxylic acids is 1. The van der Waals surface area contributed by atoms with Crippen molar-refractivity contribution in [3.8, 4) is 0 Å². The summed E-state index contributed by atoms with van der Waals surface area (Å²) in [5.74, 6) is -0.227. The Morgan fingerprint density at radius 1 is 1.41 bits per heavy atom. The lowest BCUT2D eigenvalue weighted by atomic mass is 10.3. The van der Waals surface area contributed by atoms with Crippen molar-refractivity contribution in [2.24, 2.45) is 0 Å². The molecule has 0 fully saturated rings. The van der Waals surface area contributed by atoms with E-state index in [4.69, 9.17) is 5.73 Å². The maximum Gasteiger partial charge on any atom is 0.282 e. The summed E-state index contributed by atoms with van der Waals surface area (Å²) in [6.07, 6.45) is 0.802. The number of aromatic nitrogens is 2. The minimum absolute atomic E-state index is 0.227. The fourth-order valence-electron chi connectivity index (χ4n) is 1.19. The molecule has 0 saturated heterocycles. The minimum atomic E-state index is -0.227. The molecular weight excluding hydrogens is 324 g/mol. The van der Waals surface area contributed by atoms with E-state index in [9.17, 15) is 4.79 Å². The summed E-state index contributed by atoms with van der Waals surface area (Å²) in [4.78, 5) is 12.8. The molecule has 0 aliphatic rings. The van der Waals surface area contributed by atoms with E-state index in [1.54, 1.807) is 11.3 Å². The van der Waals surface area contributed by atoms with Crippen LogP contribution in [0.15, 0.2) is 15.9 Å². The van der Waals surface area contributed by atoms with Gasteiger partial charge in [0.25, 0.3) is 5.91 Å². The second kappa shape index (κ2) is 5.56. The summed E-state index contributed by atoms with van der Waals surface area (Å²) >= 11 is 6.14. The first-order valence-electron chi connectivity index (χ1n) is 4.76. The van der Waals surface area contributed by atoms with Crippen molar-refractivity contribution in [1.82, 2.24) is 15.5 Å². The molecule has 3 N–H and O–H groups in total. The first-order chi connectivity index (χ1) is 8.15. The Bertz CT molecular complexity index is 525. The zero-order valence-electron chi connectivity index (χ0n) is 8.64. The van der Waals surface area contributed by atoms with Gasteiger partial charge in [-0.2, -0.15) is 0 Å². The lowest BCUT2D eigenvalue weighted by Gasteiger charge is -2.00. The molecule has 2 aromatic rings. The van der Waals surface area contributed by atoms with Gasteiger partial charge in [-0.3, -0.25) is 4.79 Å². The average Bonchev–Trinajstić information content (AvgIpc) is 2.88. The number of nitrogens with one attached hydrogen (secondary N) is 1. The summed E-state index contributed by atoms with van der Waals surface area (Å²) < 4.78 is 1.09. The maximum atomic E-state index is 11.6. The Labute approximate surface area is 114 Å². The average molecular weight is 333 g/mol. The standard InChI is InChI=1S/C9H9BrN4OS2/c10-6-2-1-5(16-6)3-4-12-7(15)8-13-14-9(11)17-8/h1-2H,3-4H2,(H2,11,14)(H,12,15). The molecule has 0 unspecified atom stereocenters. The van der Waals surface area contributed by atoms with Crippen LogP contribution >= 0.6 is 38.6 Å². The Morgan fingerprint density at radius 3 is 2.82 bits per heavy atom. The van der Waals surface area contributed by atoms with Crippen LogP contribution in [0.5, 0.6) is 0 Å². The second-order valence-corrected chi connectivity index (χ2v) is 6.71. The van der Waals surface area contributed by atoms with Crippen molar-refractivity contribution in [2.45, 2.75) is 6.42 Å². The molecule has 8 heteroatoms. The van der Waals surface area contributed by atoms with Crippen molar-refractivity contribution >= 4 is 49.6 Å². The van der Waals surface area contributed by atoms with Crippen molar-refractivity contribution in [3.63, 3.8) is 0 Å². The van der Waals surface area contributed by atoms with Crippen LogP contribution < -0.4 is 11.1 Å². The van der Waals surface area contributed by atoms with Crippen molar-refractivity contribution in [3.05, 3.63) is 25.8 Å². The number of hydrogen-bond acceptors (Lipinski definition) is 6. The Hall–Kier alpha value is -0.990. The van der Waals surface area contributed by atoms with Crippen molar-refractivity contribution in [2.75, 3.05) is 12.3 Å². The fraction of sp³-hybridized carbons (Fsp3) is 0.222. The van der Waals surface area contributed by atoms with E-state index < -0.39 is 0 Å². The van der Waals surface area contributed by atoms with Gasteiger partial charge in [-0.15, -0.1) is 21.5 Å². The number of nitrogens with two attached hydrogens (primary N) is 1. The molecule has 0 bridgehead atoms. The number of amides is 1. The predicted octanol–water partition coefficient (Wildman–Crippen LogP) is 1.92. The van der Waals surface area contributed by atoms with Gasteiger partial charge in [0.2, 0.25) is 10.1 Å². The Kier molecular flexibility index (Phi) is 4.08. The molecule has 17 heavy (non-hydrogen) atoms. The van der Waals surface area contributed by atoms with Crippen LogP contribution in [0, 0.1) is 0 Å². The summed E-state index contributed by atoms with van der Waals surface area (Å²) in [6, 6.07) is 4.02. The number of halogens is 1. The largest absolute Gasteiger partial charge is 0.374 e. The van der Waals surface area contributed by atoms with Crippen molar-refractivity contribution < 1.29 is 4.79 Å². The van der Waals surface area contributed by atoms with Gasteiger partial charge in [-0.25, -0.2) is 0 Å². The molecule has 2 aromatic heterocycles. The van der Waals surface area contributed by atoms with Gasteiger partial charge < -0.3 is 11.1 Å². The van der Waals surface area contributed by atoms with E-state index in [0.717, 1.165) is 21.5 Å². The third-order valence-corrected chi connectivity index (χ3v) is 4.36. The van der Waals surface area contributed by atoms with Gasteiger partial charge in [0.1, 0.15) is 0 Å². The Morgan fingerprint density at radius 2 is 2.24 bits per heavy atom. The van der Waals surface area contributed by atoms with Gasteiger partial charge in [-0.1, -0.05) is 11.3 Å². The highest BCUT2D eigenvalue weighted by molar-refractivity contribution is 9.11. The molecule has 0 aliphatic carbocycles. The summed E-state index contributed by atoms with van der Waals surface area (Å²) in [6.45, 7) is 0.575. The number of carbonyl (C=O) groups is 1. The minimum Gasteiger partial charge on any atom is -0.374 e. The van der Waals surface area contributed by atoms with Crippen LogP contribution in [0.3, 0.4) is 0 Å². The number of anilines is 1. The number of hydrogen-bond donors (Lipinski definition) is 2. The monoisotopic (exact) mass is 332 g/mol. The smallest absolute Gasteiger partial charge is 0.282 e. The molecule has 1 amide bonds. The fourth-order valence-corrected chi connectivity index (χ4v) is 3.20. The van der Waals surface area contributed by atoms with Crippen molar-refractivity contribution in [1.29, 1.82) is 0 Å². The zero-order chi connectivity index (χ0) is 12.3. The molecule has 5 nitrogen and oxygen atoms in total. The highest BCUT2D eigenvalue weighted by atomic mass is 79.9. The van der Waals surface area contributed by atoms with E-state index in [1.807, 2.05) is 12.1 Å². The SMILES string of the molecule is Nc1nnc(C(=O)NCCc2ccc(Br)s2)s1. The molecule has 2 rings (SSSR count). The molecule has 0 spiro atoms. The van der Waals surface area contributed by atoms with Crippen LogP contribution in [-0.4, -0.2) is 22.6 Å². The normalized spacial score (nSPS) is 10.4. The third kappa shape index (κ3) is 3.48. The molecular formula is C9H9BrN4OS2. The molecule has 90 valence electrons. The van der Waals surface area contributed by atoms with Crippen LogP contribution in [0.2, 0.25) is 0 Å². The lowest BCUT2D eigenvalue weighted by Crippen LogP contribution is -2.25. The van der Waals surface area contributed by atoms with Crippen LogP contribution in [0.1, 0.15) is 14.7 Å². The number of thiophene rings is 1. The van der Waals surface area contributed by atoms with Gasteiger partial charge in [0.05, 0.1) is 3.79 Å². The number of rotatable bonds is 4. The van der Waals surface area contributed by atoms with Gasteiger partial charge >= 0.3 is 0 Å². The van der Waals surface area contributed by atoms with Crippen LogP contribution in [-0.2, 0) is 6.42 Å². The van der Waals surface area contributed by atoms with E-state index in [-0.39, 0.29) is 5.91 Å². The molecule has 0 saturated carbocycles. The highest BCUT2D eigenvalue weighted by Crippen LogP contribution is 2.22. The van der Waals surface area contributed by atoms with Gasteiger partial charge in [0, 0.05) is 11.4 Å². The van der Waals surface area contributed by atoms with E-state index >= 15 is 0 Å². The lowest BCUT2D eigenvalue weighted by molar-refractivity contribution is 0.0953. The molecule has 0 radical (unpaired) electrons. The summed E-state index contributed by atoms with van der Waals surface area (Å²) in [5, 5.41) is 10.6. The first-order valence-corrected chi connectivity index (χ1v) is 7.19. The van der Waals surface area contributed by atoms with Crippen LogP contribution in [0.4, 0.5) is 5.13 Å². The zero-order valence-corrected chi connectivity index (χ0v) is 11.9. The predicted molar refractivity (Wildman–Crippen MR) is 72.4 cm³/mol.